The summed E-state index contributed by atoms with van der Waals surface area (Å²) in [6, 6.07) is 1.92. The van der Waals surface area contributed by atoms with Crippen LogP contribution in [0, 0.1) is 2.88 Å². The molecular formula is C8H7ClIN3O2S2. The van der Waals surface area contributed by atoms with E-state index in [1.165, 1.54) is 4.57 Å². The first-order chi connectivity index (χ1) is 7.93. The highest BCUT2D eigenvalue weighted by atomic mass is 127. The Hall–Kier alpha value is -0.190. The minimum Gasteiger partial charge on any atom is -0.297 e. The molecule has 0 radical (unpaired) electrons. The molecule has 0 bridgehead atoms. The normalized spacial score (nSPS) is 11.9. The molecule has 17 heavy (non-hydrogen) atoms. The molecule has 0 saturated carbocycles. The van der Waals surface area contributed by atoms with E-state index >= 15 is 0 Å². The van der Waals surface area contributed by atoms with Gasteiger partial charge in [0.05, 0.1) is 2.88 Å². The molecule has 0 aliphatic carbocycles. The fraction of sp³-hybridized carbons (Fsp3) is 0.250. The van der Waals surface area contributed by atoms with Crippen LogP contribution in [0.15, 0.2) is 16.6 Å². The number of hydrogen-bond acceptors (Lipinski definition) is 5. The standard InChI is InChI=1S/C8H7ClIN3O2S2/c1-2-13-7(5-3-6(10)16-4-5)11-12-8(13)17(9,14)15/h3-4H,2H2,1H3. The van der Waals surface area contributed by atoms with Crippen molar-refractivity contribution in [2.45, 2.75) is 18.6 Å². The molecule has 0 aliphatic heterocycles. The van der Waals surface area contributed by atoms with Gasteiger partial charge in [0.15, 0.2) is 5.82 Å². The largest absolute Gasteiger partial charge is 0.297 e. The maximum Gasteiger partial charge on any atom is 0.296 e. The number of hydrogen-bond donors (Lipinski definition) is 0. The fourth-order valence-corrected chi connectivity index (χ4v) is 3.68. The fourth-order valence-electron chi connectivity index (χ4n) is 1.40. The van der Waals surface area contributed by atoms with Crippen LogP contribution in [0.3, 0.4) is 0 Å². The third-order valence-electron chi connectivity index (χ3n) is 2.08. The Labute approximate surface area is 120 Å². The highest BCUT2D eigenvalue weighted by molar-refractivity contribution is 14.1. The molecule has 0 fully saturated rings. The second kappa shape index (κ2) is 4.82. The predicted octanol–water partition coefficient (Wildman–Crippen LogP) is 2.56. The molecule has 0 unspecified atom stereocenters. The van der Waals surface area contributed by atoms with E-state index in [2.05, 4.69) is 32.8 Å². The summed E-state index contributed by atoms with van der Waals surface area (Å²) in [7, 11) is 1.44. The first-order valence-corrected chi connectivity index (χ1v) is 8.82. The molecule has 2 aromatic heterocycles. The number of rotatable bonds is 3. The summed E-state index contributed by atoms with van der Waals surface area (Å²) < 4.78 is 25.2. The van der Waals surface area contributed by atoms with E-state index in [0.717, 1.165) is 8.45 Å². The Kier molecular flexibility index (Phi) is 3.76. The van der Waals surface area contributed by atoms with Gasteiger partial charge in [-0.05, 0) is 35.6 Å². The van der Waals surface area contributed by atoms with Crippen molar-refractivity contribution in [3.63, 3.8) is 0 Å². The van der Waals surface area contributed by atoms with Crippen molar-refractivity contribution in [3.05, 3.63) is 14.3 Å². The van der Waals surface area contributed by atoms with Gasteiger partial charge in [-0.1, -0.05) is 0 Å². The average Bonchev–Trinajstić information content (AvgIpc) is 2.81. The molecular weight excluding hydrogens is 397 g/mol. The molecule has 2 heterocycles. The van der Waals surface area contributed by atoms with Crippen LogP contribution in [0.25, 0.3) is 11.4 Å². The van der Waals surface area contributed by atoms with Gasteiger partial charge >= 0.3 is 0 Å². The lowest BCUT2D eigenvalue weighted by Gasteiger charge is -2.03. The summed E-state index contributed by atoms with van der Waals surface area (Å²) in [5.74, 6) is 0.519. The third-order valence-corrected chi connectivity index (χ3v) is 5.02. The molecule has 0 aliphatic rings. The maximum atomic E-state index is 11.3. The summed E-state index contributed by atoms with van der Waals surface area (Å²) >= 11 is 3.75. The van der Waals surface area contributed by atoms with Gasteiger partial charge in [-0.25, -0.2) is 8.42 Å². The van der Waals surface area contributed by atoms with Crippen molar-refractivity contribution < 1.29 is 8.42 Å². The Bertz CT molecular complexity index is 650. The lowest BCUT2D eigenvalue weighted by atomic mass is 10.3. The van der Waals surface area contributed by atoms with Crippen molar-refractivity contribution in [2.75, 3.05) is 0 Å². The number of aromatic nitrogens is 3. The topological polar surface area (TPSA) is 64.8 Å². The van der Waals surface area contributed by atoms with Crippen LogP contribution in [0.1, 0.15) is 6.92 Å². The summed E-state index contributed by atoms with van der Waals surface area (Å²) in [4.78, 5) is 0. The Morgan fingerprint density at radius 2 is 2.24 bits per heavy atom. The summed E-state index contributed by atoms with van der Waals surface area (Å²) in [6.45, 7) is 2.26. The van der Waals surface area contributed by atoms with E-state index in [1.54, 1.807) is 11.3 Å². The van der Waals surface area contributed by atoms with Crippen LogP contribution < -0.4 is 0 Å². The molecule has 9 heteroatoms. The van der Waals surface area contributed by atoms with Crippen molar-refractivity contribution in [2.24, 2.45) is 0 Å². The third kappa shape index (κ3) is 2.64. The van der Waals surface area contributed by atoms with Gasteiger partial charge in [0.2, 0.25) is 0 Å². The predicted molar refractivity (Wildman–Crippen MR) is 74.8 cm³/mol. The minimum atomic E-state index is -3.86. The average molecular weight is 404 g/mol. The molecule has 0 amide bonds. The highest BCUT2D eigenvalue weighted by Crippen LogP contribution is 2.27. The number of nitrogens with zero attached hydrogens (tertiary/aromatic N) is 3. The Morgan fingerprint density at radius 3 is 2.71 bits per heavy atom. The molecule has 0 aromatic carbocycles. The van der Waals surface area contributed by atoms with Gasteiger partial charge in [0, 0.05) is 28.2 Å². The molecule has 5 nitrogen and oxygen atoms in total. The zero-order valence-electron chi connectivity index (χ0n) is 8.59. The van der Waals surface area contributed by atoms with E-state index in [1.807, 2.05) is 18.4 Å². The molecule has 2 rings (SSSR count). The van der Waals surface area contributed by atoms with E-state index in [4.69, 9.17) is 10.7 Å². The second-order valence-electron chi connectivity index (χ2n) is 3.13. The summed E-state index contributed by atoms with van der Waals surface area (Å²) in [5, 5.41) is 9.22. The van der Waals surface area contributed by atoms with Crippen LogP contribution in [0.2, 0.25) is 0 Å². The summed E-state index contributed by atoms with van der Waals surface area (Å²) in [6.07, 6.45) is 0. The molecule has 92 valence electrons. The zero-order valence-corrected chi connectivity index (χ0v) is 13.1. The highest BCUT2D eigenvalue weighted by Gasteiger charge is 2.22. The van der Waals surface area contributed by atoms with Crippen LogP contribution in [0.4, 0.5) is 0 Å². The van der Waals surface area contributed by atoms with Gasteiger partial charge in [0.25, 0.3) is 14.2 Å². The van der Waals surface area contributed by atoms with Gasteiger partial charge in [-0.2, -0.15) is 0 Å². The molecule has 0 N–H and O–H groups in total. The SMILES string of the molecule is CCn1c(-c2csc(I)c2)nnc1S(=O)(=O)Cl. The lowest BCUT2D eigenvalue weighted by Crippen LogP contribution is -2.05. The second-order valence-corrected chi connectivity index (χ2v) is 8.39. The molecule has 0 spiro atoms. The van der Waals surface area contributed by atoms with Crippen molar-refractivity contribution in [1.29, 1.82) is 0 Å². The van der Waals surface area contributed by atoms with Crippen LogP contribution in [-0.4, -0.2) is 23.2 Å². The van der Waals surface area contributed by atoms with E-state index in [9.17, 15) is 8.42 Å². The van der Waals surface area contributed by atoms with Gasteiger partial charge in [-0.15, -0.1) is 21.5 Å². The molecule has 2 aromatic rings. The minimum absolute atomic E-state index is 0.210. The van der Waals surface area contributed by atoms with Gasteiger partial charge < -0.3 is 0 Å². The van der Waals surface area contributed by atoms with Gasteiger partial charge in [0.1, 0.15) is 0 Å². The first-order valence-electron chi connectivity index (χ1n) is 4.55. The number of thiophene rings is 1. The monoisotopic (exact) mass is 403 g/mol. The number of halogens is 2. The maximum absolute atomic E-state index is 11.3. The molecule has 0 atom stereocenters. The Morgan fingerprint density at radius 1 is 1.53 bits per heavy atom. The van der Waals surface area contributed by atoms with Crippen molar-refractivity contribution >= 4 is 53.7 Å². The van der Waals surface area contributed by atoms with Crippen LogP contribution in [0.5, 0.6) is 0 Å². The van der Waals surface area contributed by atoms with Crippen LogP contribution in [-0.2, 0) is 15.6 Å². The van der Waals surface area contributed by atoms with Gasteiger partial charge in [-0.3, -0.25) is 4.57 Å². The van der Waals surface area contributed by atoms with Crippen LogP contribution >= 0.6 is 44.6 Å². The molecule has 0 saturated heterocycles. The van der Waals surface area contributed by atoms with Crippen molar-refractivity contribution in [1.82, 2.24) is 14.8 Å². The van der Waals surface area contributed by atoms with E-state index < -0.39 is 9.05 Å². The summed E-state index contributed by atoms with van der Waals surface area (Å²) in [5.41, 5.74) is 0.848. The quantitative estimate of drug-likeness (QED) is 0.584. The van der Waals surface area contributed by atoms with E-state index in [-0.39, 0.29) is 5.16 Å². The lowest BCUT2D eigenvalue weighted by molar-refractivity contribution is 0.583. The van der Waals surface area contributed by atoms with Crippen molar-refractivity contribution in [3.8, 4) is 11.4 Å². The Balaban J connectivity index is 2.61. The van der Waals surface area contributed by atoms with E-state index in [0.29, 0.717) is 12.4 Å². The smallest absolute Gasteiger partial charge is 0.296 e. The zero-order chi connectivity index (χ0) is 12.6. The first kappa shape index (κ1) is 13.2.